The molecule has 21 heavy (non-hydrogen) atoms. The van der Waals surface area contributed by atoms with Crippen LogP contribution in [-0.2, 0) is 0 Å². The van der Waals surface area contributed by atoms with Gasteiger partial charge in [0.1, 0.15) is 0 Å². The van der Waals surface area contributed by atoms with Gasteiger partial charge in [0.25, 0.3) is 0 Å². The molecular weight excluding hydrogens is 258 g/mol. The van der Waals surface area contributed by atoms with Gasteiger partial charge >= 0.3 is 0 Å². The van der Waals surface area contributed by atoms with Gasteiger partial charge in [-0.1, -0.05) is 25.3 Å². The summed E-state index contributed by atoms with van der Waals surface area (Å²) in [4.78, 5) is 7.20. The molecule has 0 bridgehead atoms. The summed E-state index contributed by atoms with van der Waals surface area (Å²) in [6.07, 6.45) is 10.3. The van der Waals surface area contributed by atoms with Crippen LogP contribution < -0.4 is 5.32 Å². The van der Waals surface area contributed by atoms with Crippen LogP contribution in [0.4, 0.5) is 0 Å². The third-order valence-electron chi connectivity index (χ3n) is 5.34. The first-order chi connectivity index (χ1) is 10.3. The zero-order valence-corrected chi connectivity index (χ0v) is 13.3. The molecule has 2 aliphatic rings. The molecule has 1 aromatic rings. The van der Waals surface area contributed by atoms with Crippen molar-refractivity contribution in [3.05, 3.63) is 30.1 Å². The number of pyridine rings is 1. The standard InChI is InChI=1S/C18H29N3/c1-15(17-10-5-6-11-19-17)21-13-7-12-20-18(14-21)16-8-3-2-4-9-16/h5-6,10-11,15-16,18,20H,2-4,7-9,12-14H2,1H3. The van der Waals surface area contributed by atoms with Crippen LogP contribution in [0, 0.1) is 5.92 Å². The second-order valence-corrected chi connectivity index (χ2v) is 6.74. The Bertz CT molecular complexity index is 414. The van der Waals surface area contributed by atoms with Crippen molar-refractivity contribution in [1.29, 1.82) is 0 Å². The predicted molar refractivity (Wildman–Crippen MR) is 87.2 cm³/mol. The SMILES string of the molecule is CC(c1ccccn1)N1CCCNC(C2CCCCC2)C1. The van der Waals surface area contributed by atoms with E-state index in [4.69, 9.17) is 0 Å². The molecule has 1 aliphatic carbocycles. The van der Waals surface area contributed by atoms with E-state index in [2.05, 4.69) is 34.3 Å². The molecule has 3 rings (SSSR count). The minimum Gasteiger partial charge on any atom is -0.312 e. The Hall–Kier alpha value is -0.930. The maximum atomic E-state index is 4.56. The number of hydrogen-bond donors (Lipinski definition) is 1. The lowest BCUT2D eigenvalue weighted by Crippen LogP contribution is -2.44. The highest BCUT2D eigenvalue weighted by Gasteiger charge is 2.29. The van der Waals surface area contributed by atoms with Crippen molar-refractivity contribution >= 4 is 0 Å². The van der Waals surface area contributed by atoms with Crippen molar-refractivity contribution in [2.45, 2.75) is 57.5 Å². The summed E-state index contributed by atoms with van der Waals surface area (Å²) in [5.41, 5.74) is 1.21. The van der Waals surface area contributed by atoms with Gasteiger partial charge in [-0.05, 0) is 50.8 Å². The van der Waals surface area contributed by atoms with E-state index < -0.39 is 0 Å². The molecule has 0 aromatic carbocycles. The Balaban J connectivity index is 1.66. The molecular formula is C18H29N3. The first kappa shape index (κ1) is 15.0. The van der Waals surface area contributed by atoms with Gasteiger partial charge in [0.05, 0.1) is 5.69 Å². The average Bonchev–Trinajstić information content (AvgIpc) is 2.82. The van der Waals surface area contributed by atoms with Gasteiger partial charge in [0.15, 0.2) is 0 Å². The molecule has 1 saturated heterocycles. The van der Waals surface area contributed by atoms with Crippen molar-refractivity contribution in [1.82, 2.24) is 15.2 Å². The maximum Gasteiger partial charge on any atom is 0.0572 e. The molecule has 0 spiro atoms. The molecule has 1 N–H and O–H groups in total. The van der Waals surface area contributed by atoms with Crippen molar-refractivity contribution in [3.8, 4) is 0 Å². The molecule has 2 unspecified atom stereocenters. The lowest BCUT2D eigenvalue weighted by atomic mass is 9.83. The summed E-state index contributed by atoms with van der Waals surface area (Å²) in [5.74, 6) is 0.885. The van der Waals surface area contributed by atoms with Crippen LogP contribution in [0.25, 0.3) is 0 Å². The zero-order chi connectivity index (χ0) is 14.5. The quantitative estimate of drug-likeness (QED) is 0.923. The van der Waals surface area contributed by atoms with Gasteiger partial charge in [-0.15, -0.1) is 0 Å². The summed E-state index contributed by atoms with van der Waals surface area (Å²) < 4.78 is 0. The van der Waals surface area contributed by atoms with E-state index in [1.807, 2.05) is 12.3 Å². The third kappa shape index (κ3) is 3.83. The van der Waals surface area contributed by atoms with Gasteiger partial charge < -0.3 is 5.32 Å². The number of hydrogen-bond acceptors (Lipinski definition) is 3. The van der Waals surface area contributed by atoms with Gasteiger partial charge in [-0.25, -0.2) is 0 Å². The fourth-order valence-electron chi connectivity index (χ4n) is 3.99. The molecule has 3 heteroatoms. The minimum absolute atomic E-state index is 0.428. The molecule has 116 valence electrons. The normalized spacial score (nSPS) is 27.2. The first-order valence-corrected chi connectivity index (χ1v) is 8.73. The van der Waals surface area contributed by atoms with Gasteiger partial charge in [-0.3, -0.25) is 9.88 Å². The molecule has 1 aromatic heterocycles. The van der Waals surface area contributed by atoms with Crippen LogP contribution >= 0.6 is 0 Å². The molecule has 2 atom stereocenters. The predicted octanol–water partition coefficient (Wildman–Crippen LogP) is 3.39. The lowest BCUT2D eigenvalue weighted by molar-refractivity contribution is 0.168. The lowest BCUT2D eigenvalue weighted by Gasteiger charge is -2.35. The van der Waals surface area contributed by atoms with Crippen molar-refractivity contribution in [3.63, 3.8) is 0 Å². The van der Waals surface area contributed by atoms with E-state index in [0.29, 0.717) is 12.1 Å². The third-order valence-corrected chi connectivity index (χ3v) is 5.34. The molecule has 0 amide bonds. The van der Waals surface area contributed by atoms with Crippen LogP contribution in [0.1, 0.15) is 57.2 Å². The van der Waals surface area contributed by atoms with E-state index >= 15 is 0 Å². The topological polar surface area (TPSA) is 28.2 Å². The van der Waals surface area contributed by atoms with E-state index in [1.54, 1.807) is 0 Å². The van der Waals surface area contributed by atoms with Gasteiger partial charge in [0.2, 0.25) is 0 Å². The van der Waals surface area contributed by atoms with Gasteiger partial charge in [0, 0.05) is 31.4 Å². The summed E-state index contributed by atoms with van der Waals surface area (Å²) in [7, 11) is 0. The highest BCUT2D eigenvalue weighted by Crippen LogP contribution is 2.29. The van der Waals surface area contributed by atoms with E-state index in [1.165, 1.54) is 63.9 Å². The summed E-state index contributed by atoms with van der Waals surface area (Å²) in [6.45, 7) is 5.86. The van der Waals surface area contributed by atoms with Crippen LogP contribution in [0.3, 0.4) is 0 Å². The molecule has 2 heterocycles. The molecule has 1 aliphatic heterocycles. The van der Waals surface area contributed by atoms with E-state index in [-0.39, 0.29) is 0 Å². The zero-order valence-electron chi connectivity index (χ0n) is 13.3. The van der Waals surface area contributed by atoms with Crippen molar-refractivity contribution in [2.75, 3.05) is 19.6 Å². The highest BCUT2D eigenvalue weighted by molar-refractivity contribution is 5.08. The monoisotopic (exact) mass is 287 g/mol. The van der Waals surface area contributed by atoms with Crippen LogP contribution in [0.2, 0.25) is 0 Å². The highest BCUT2D eigenvalue weighted by atomic mass is 15.2. The maximum absolute atomic E-state index is 4.56. The largest absolute Gasteiger partial charge is 0.312 e. The second-order valence-electron chi connectivity index (χ2n) is 6.74. The average molecular weight is 287 g/mol. The summed E-state index contributed by atoms with van der Waals surface area (Å²) in [5, 5.41) is 3.83. The molecule has 0 radical (unpaired) electrons. The summed E-state index contributed by atoms with van der Waals surface area (Å²) >= 11 is 0. The van der Waals surface area contributed by atoms with E-state index in [0.717, 1.165) is 5.92 Å². The Labute approximate surface area is 129 Å². The van der Waals surface area contributed by atoms with E-state index in [9.17, 15) is 0 Å². The fourth-order valence-corrected chi connectivity index (χ4v) is 3.99. The summed E-state index contributed by atoms with van der Waals surface area (Å²) in [6, 6.07) is 7.38. The molecule has 2 fully saturated rings. The smallest absolute Gasteiger partial charge is 0.0572 e. The van der Waals surface area contributed by atoms with Crippen molar-refractivity contribution < 1.29 is 0 Å². The van der Waals surface area contributed by atoms with Crippen LogP contribution in [-0.4, -0.2) is 35.6 Å². The Kier molecular flexibility index (Phi) is 5.26. The number of nitrogens with zero attached hydrogens (tertiary/aromatic N) is 2. The van der Waals surface area contributed by atoms with Crippen LogP contribution in [0.5, 0.6) is 0 Å². The molecule has 1 saturated carbocycles. The Morgan fingerprint density at radius 3 is 2.81 bits per heavy atom. The van der Waals surface area contributed by atoms with Crippen LogP contribution in [0.15, 0.2) is 24.4 Å². The Morgan fingerprint density at radius 1 is 1.19 bits per heavy atom. The second kappa shape index (κ2) is 7.37. The first-order valence-electron chi connectivity index (χ1n) is 8.73. The molecule has 3 nitrogen and oxygen atoms in total. The fraction of sp³-hybridized carbons (Fsp3) is 0.722. The van der Waals surface area contributed by atoms with Gasteiger partial charge in [-0.2, -0.15) is 0 Å². The minimum atomic E-state index is 0.428. The number of nitrogens with one attached hydrogen (secondary N) is 1. The number of aromatic nitrogens is 1. The number of rotatable bonds is 3. The van der Waals surface area contributed by atoms with Crippen molar-refractivity contribution in [2.24, 2.45) is 5.92 Å². The Morgan fingerprint density at radius 2 is 2.05 bits per heavy atom.